The van der Waals surface area contributed by atoms with Gasteiger partial charge in [-0.15, -0.1) is 0 Å². The number of H-pyrrole nitrogens is 1. The largest absolute Gasteiger partial charge is 0.325 e. The molecule has 11 heteroatoms. The van der Waals surface area contributed by atoms with Gasteiger partial charge in [-0.3, -0.25) is 19.4 Å². The van der Waals surface area contributed by atoms with Crippen molar-refractivity contribution in [3.8, 4) is 0 Å². The van der Waals surface area contributed by atoms with Crippen molar-refractivity contribution >= 4 is 69.8 Å². The average Bonchev–Trinajstić information content (AvgIpc) is 2.72. The first-order chi connectivity index (χ1) is 15.2. The second kappa shape index (κ2) is 8.82. The molecule has 3 aromatic rings. The second-order valence-corrected chi connectivity index (χ2v) is 8.38. The van der Waals surface area contributed by atoms with E-state index in [0.29, 0.717) is 32.0 Å². The number of carbonyl (C=O) groups excluding carboxylic acids is 2. The average molecular weight is 493 g/mol. The van der Waals surface area contributed by atoms with Gasteiger partial charge >= 0.3 is 0 Å². The van der Waals surface area contributed by atoms with Crippen molar-refractivity contribution in [3.63, 3.8) is 0 Å². The minimum Gasteiger partial charge on any atom is -0.325 e. The van der Waals surface area contributed by atoms with Gasteiger partial charge in [0.25, 0.3) is 5.56 Å². The highest BCUT2D eigenvalue weighted by atomic mass is 35.5. The van der Waals surface area contributed by atoms with Gasteiger partial charge < -0.3 is 16.0 Å². The lowest BCUT2D eigenvalue weighted by Gasteiger charge is -2.24. The number of hydrogen-bond donors (Lipinski definition) is 4. The third kappa shape index (κ3) is 4.43. The zero-order valence-corrected chi connectivity index (χ0v) is 18.8. The Morgan fingerprint density at radius 1 is 1.09 bits per heavy atom. The number of aromatic nitrogens is 2. The lowest BCUT2D eigenvalue weighted by molar-refractivity contribution is -0.123. The number of nitrogens with zero attached hydrogens (tertiary/aromatic N) is 1. The Hall–Kier alpha value is -3.07. The summed E-state index contributed by atoms with van der Waals surface area (Å²) in [5.74, 6) is -1.93. The molecule has 0 radical (unpaired) electrons. The van der Waals surface area contributed by atoms with E-state index in [1.807, 2.05) is 0 Å². The number of amides is 2. The number of hydrogen-bond acceptors (Lipinski definition) is 5. The monoisotopic (exact) mass is 491 g/mol. The van der Waals surface area contributed by atoms with E-state index in [1.165, 1.54) is 6.07 Å². The van der Waals surface area contributed by atoms with Crippen LogP contribution in [0.5, 0.6) is 0 Å². The fraction of sp³-hybridized carbons (Fsp3) is 0.143. The topological polar surface area (TPSA) is 116 Å². The van der Waals surface area contributed by atoms with Crippen molar-refractivity contribution in [2.75, 3.05) is 16.0 Å². The van der Waals surface area contributed by atoms with Gasteiger partial charge in [-0.05, 0) is 42.8 Å². The standard InChI is InChI=1S/C21H16Cl3N5O3/c1-9-12(23)3-2-4-14(9)25-19(31)11-8-16(30)27-18-17(11)20(32)29-21(28-18)26-15-6-5-10(22)7-13(15)24/h2-7,11H,8H2,1H3,(H,25,31)(H3,26,27,28,29,30,32)/t11-/m0/s1. The zero-order valence-electron chi connectivity index (χ0n) is 16.6. The van der Waals surface area contributed by atoms with Crippen LogP contribution < -0.4 is 21.5 Å². The third-order valence-electron chi connectivity index (χ3n) is 4.98. The third-order valence-corrected chi connectivity index (χ3v) is 5.93. The highest BCUT2D eigenvalue weighted by Crippen LogP contribution is 2.32. The number of fused-ring (bicyclic) bond motifs is 1. The molecule has 0 spiro atoms. The highest BCUT2D eigenvalue weighted by molar-refractivity contribution is 6.36. The van der Waals surface area contributed by atoms with E-state index in [9.17, 15) is 14.4 Å². The van der Waals surface area contributed by atoms with Crippen LogP contribution in [0.15, 0.2) is 41.2 Å². The molecule has 0 fully saturated rings. The van der Waals surface area contributed by atoms with E-state index in [4.69, 9.17) is 34.8 Å². The Balaban J connectivity index is 1.66. The van der Waals surface area contributed by atoms with Crippen molar-refractivity contribution in [1.29, 1.82) is 0 Å². The van der Waals surface area contributed by atoms with Crippen LogP contribution in [-0.4, -0.2) is 21.8 Å². The Labute approximate surface area is 197 Å². The second-order valence-electron chi connectivity index (χ2n) is 7.13. The van der Waals surface area contributed by atoms with Crippen LogP contribution in [0.2, 0.25) is 15.1 Å². The molecule has 2 heterocycles. The van der Waals surface area contributed by atoms with E-state index in [0.717, 1.165) is 0 Å². The molecular formula is C21H16Cl3N5O3. The molecule has 0 aliphatic carbocycles. The normalized spacial score (nSPS) is 15.0. The molecule has 2 amide bonds. The molecule has 4 N–H and O–H groups in total. The molecule has 164 valence electrons. The molecule has 1 aliphatic heterocycles. The molecule has 8 nitrogen and oxygen atoms in total. The molecule has 32 heavy (non-hydrogen) atoms. The van der Waals surface area contributed by atoms with Crippen molar-refractivity contribution in [2.24, 2.45) is 0 Å². The van der Waals surface area contributed by atoms with Crippen molar-refractivity contribution in [3.05, 3.63) is 72.9 Å². The molecular weight excluding hydrogens is 477 g/mol. The quantitative estimate of drug-likeness (QED) is 0.416. The molecule has 0 saturated carbocycles. The summed E-state index contributed by atoms with van der Waals surface area (Å²) in [6.45, 7) is 1.76. The molecule has 0 bridgehead atoms. The summed E-state index contributed by atoms with van der Waals surface area (Å²) < 4.78 is 0. The maximum atomic E-state index is 13.0. The fourth-order valence-corrected chi connectivity index (χ4v) is 3.97. The summed E-state index contributed by atoms with van der Waals surface area (Å²) in [7, 11) is 0. The SMILES string of the molecule is Cc1c(Cl)cccc1NC(=O)[C@H]1CC(=O)Nc2nc(Nc3ccc(Cl)cc3Cl)[nH]c(=O)c21. The van der Waals surface area contributed by atoms with Crippen LogP contribution in [0, 0.1) is 6.92 Å². The first kappa shape index (κ1) is 22.1. The van der Waals surface area contributed by atoms with Crippen LogP contribution in [0.1, 0.15) is 23.5 Å². The van der Waals surface area contributed by atoms with Gasteiger partial charge in [0.05, 0.1) is 22.2 Å². The van der Waals surface area contributed by atoms with E-state index in [-0.39, 0.29) is 23.8 Å². The Morgan fingerprint density at radius 2 is 1.88 bits per heavy atom. The number of nitrogens with one attached hydrogen (secondary N) is 4. The lowest BCUT2D eigenvalue weighted by atomic mass is 9.92. The number of halogens is 3. The van der Waals surface area contributed by atoms with Gasteiger partial charge in [0.2, 0.25) is 17.8 Å². The van der Waals surface area contributed by atoms with Crippen LogP contribution in [0.25, 0.3) is 0 Å². The molecule has 1 aromatic heterocycles. The van der Waals surface area contributed by atoms with Crippen LogP contribution in [0.4, 0.5) is 23.1 Å². The molecule has 1 aliphatic rings. The summed E-state index contributed by atoms with van der Waals surface area (Å²) in [6, 6.07) is 9.85. The maximum Gasteiger partial charge on any atom is 0.258 e. The maximum absolute atomic E-state index is 13.0. The van der Waals surface area contributed by atoms with Crippen molar-refractivity contribution in [2.45, 2.75) is 19.3 Å². The number of benzene rings is 2. The van der Waals surface area contributed by atoms with Gasteiger partial charge in [0.1, 0.15) is 5.82 Å². The van der Waals surface area contributed by atoms with Gasteiger partial charge in [0.15, 0.2) is 0 Å². The van der Waals surface area contributed by atoms with E-state index in [1.54, 1.807) is 37.3 Å². The molecule has 2 aromatic carbocycles. The van der Waals surface area contributed by atoms with Crippen LogP contribution in [-0.2, 0) is 9.59 Å². The van der Waals surface area contributed by atoms with E-state index in [2.05, 4.69) is 25.9 Å². The van der Waals surface area contributed by atoms with E-state index >= 15 is 0 Å². The number of rotatable bonds is 4. The van der Waals surface area contributed by atoms with Crippen molar-refractivity contribution < 1.29 is 9.59 Å². The molecule has 0 saturated heterocycles. The smallest absolute Gasteiger partial charge is 0.258 e. The lowest BCUT2D eigenvalue weighted by Crippen LogP contribution is -2.36. The molecule has 0 unspecified atom stereocenters. The van der Waals surface area contributed by atoms with E-state index < -0.39 is 23.3 Å². The molecule has 4 rings (SSSR count). The predicted octanol–water partition coefficient (Wildman–Crippen LogP) is 4.85. The Bertz CT molecular complexity index is 1310. The number of carbonyl (C=O) groups is 2. The summed E-state index contributed by atoms with van der Waals surface area (Å²) in [5, 5.41) is 9.43. The van der Waals surface area contributed by atoms with Gasteiger partial charge in [-0.2, -0.15) is 4.98 Å². The summed E-state index contributed by atoms with van der Waals surface area (Å²) >= 11 is 18.2. The Morgan fingerprint density at radius 3 is 2.62 bits per heavy atom. The summed E-state index contributed by atoms with van der Waals surface area (Å²) in [6.07, 6.45) is -0.195. The zero-order chi connectivity index (χ0) is 23.0. The van der Waals surface area contributed by atoms with Crippen molar-refractivity contribution in [1.82, 2.24) is 9.97 Å². The fourth-order valence-electron chi connectivity index (χ4n) is 3.34. The predicted molar refractivity (Wildman–Crippen MR) is 125 cm³/mol. The minimum atomic E-state index is -1.03. The van der Waals surface area contributed by atoms with Gasteiger partial charge in [0, 0.05) is 22.2 Å². The Kier molecular flexibility index (Phi) is 6.10. The number of anilines is 4. The highest BCUT2D eigenvalue weighted by Gasteiger charge is 2.35. The first-order valence-corrected chi connectivity index (χ1v) is 10.6. The summed E-state index contributed by atoms with van der Waals surface area (Å²) in [4.78, 5) is 45.0. The van der Waals surface area contributed by atoms with Crippen LogP contribution in [0.3, 0.4) is 0 Å². The molecule has 1 atom stereocenters. The number of aromatic amines is 1. The van der Waals surface area contributed by atoms with Gasteiger partial charge in [-0.1, -0.05) is 40.9 Å². The summed E-state index contributed by atoms with van der Waals surface area (Å²) in [5.41, 5.74) is 1.12. The van der Waals surface area contributed by atoms with Crippen LogP contribution >= 0.6 is 34.8 Å². The minimum absolute atomic E-state index is 0.000511. The van der Waals surface area contributed by atoms with Gasteiger partial charge in [-0.25, -0.2) is 0 Å². The first-order valence-electron chi connectivity index (χ1n) is 9.45.